The third kappa shape index (κ3) is 4.23. The lowest BCUT2D eigenvalue weighted by Crippen LogP contribution is -2.58. The predicted molar refractivity (Wildman–Crippen MR) is 101 cm³/mol. The van der Waals surface area contributed by atoms with Gasteiger partial charge in [-0.05, 0) is 77.7 Å². The summed E-state index contributed by atoms with van der Waals surface area (Å²) in [6.07, 6.45) is 9.13. The first-order valence-corrected chi connectivity index (χ1v) is 10.1. The Morgan fingerprint density at radius 3 is 2.42 bits per heavy atom. The maximum atomic E-state index is 6.39. The summed E-state index contributed by atoms with van der Waals surface area (Å²) in [4.78, 5) is 12.5. The summed E-state index contributed by atoms with van der Waals surface area (Å²) < 4.78 is 0. The highest BCUT2D eigenvalue weighted by molar-refractivity contribution is 5.78. The molecule has 0 aromatic rings. The number of nitrogens with zero attached hydrogens (tertiary/aromatic N) is 4. The quantitative estimate of drug-likeness (QED) is 0.633. The van der Waals surface area contributed by atoms with Gasteiger partial charge in [-0.1, -0.05) is 13.3 Å². The largest absolute Gasteiger partial charge is 0.370 e. The van der Waals surface area contributed by atoms with Crippen molar-refractivity contribution >= 4 is 5.96 Å². The van der Waals surface area contributed by atoms with E-state index < -0.39 is 0 Å². The van der Waals surface area contributed by atoms with Crippen molar-refractivity contribution in [3.05, 3.63) is 0 Å². The minimum atomic E-state index is 0.249. The first-order valence-electron chi connectivity index (χ1n) is 10.1. The maximum absolute atomic E-state index is 6.39. The Kier molecular flexibility index (Phi) is 6.03. The van der Waals surface area contributed by atoms with Crippen molar-refractivity contribution in [1.29, 1.82) is 0 Å². The zero-order chi connectivity index (χ0) is 17.0. The van der Waals surface area contributed by atoms with E-state index in [1.165, 1.54) is 71.1 Å². The standard InChI is InChI=1S/C19H37N5/c1-17-7-6-10-23(15-17)18(20)21-16-19(8-13-22(2)14-9-19)24-11-4-3-5-12-24/h17H,3-16H2,1-2H3,(H2,20,21). The second kappa shape index (κ2) is 8.05. The van der Waals surface area contributed by atoms with Gasteiger partial charge >= 0.3 is 0 Å². The summed E-state index contributed by atoms with van der Waals surface area (Å²) >= 11 is 0. The molecule has 138 valence electrons. The van der Waals surface area contributed by atoms with E-state index in [1.807, 2.05) is 0 Å². The van der Waals surface area contributed by atoms with Crippen LogP contribution in [-0.4, -0.2) is 79.1 Å². The Morgan fingerprint density at radius 1 is 1.04 bits per heavy atom. The van der Waals surface area contributed by atoms with Crippen LogP contribution < -0.4 is 5.73 Å². The molecular formula is C19H37N5. The fourth-order valence-corrected chi connectivity index (χ4v) is 4.70. The van der Waals surface area contributed by atoms with Crippen LogP contribution in [0.4, 0.5) is 0 Å². The Labute approximate surface area is 148 Å². The first-order chi connectivity index (χ1) is 11.6. The highest BCUT2D eigenvalue weighted by atomic mass is 15.3. The lowest BCUT2D eigenvalue weighted by Gasteiger charge is -2.49. The maximum Gasteiger partial charge on any atom is 0.191 e. The summed E-state index contributed by atoms with van der Waals surface area (Å²) in [7, 11) is 2.24. The van der Waals surface area contributed by atoms with E-state index in [1.54, 1.807) is 0 Å². The van der Waals surface area contributed by atoms with Crippen LogP contribution in [0, 0.1) is 5.92 Å². The van der Waals surface area contributed by atoms with Crippen LogP contribution in [0.15, 0.2) is 4.99 Å². The number of hydrogen-bond acceptors (Lipinski definition) is 3. The molecule has 1 unspecified atom stereocenters. The van der Waals surface area contributed by atoms with E-state index >= 15 is 0 Å². The molecule has 2 N–H and O–H groups in total. The van der Waals surface area contributed by atoms with Crippen LogP contribution >= 0.6 is 0 Å². The van der Waals surface area contributed by atoms with E-state index in [4.69, 9.17) is 10.7 Å². The van der Waals surface area contributed by atoms with Crippen molar-refractivity contribution in [3.8, 4) is 0 Å². The van der Waals surface area contributed by atoms with Gasteiger partial charge in [-0.15, -0.1) is 0 Å². The minimum absolute atomic E-state index is 0.249. The van der Waals surface area contributed by atoms with Crippen molar-refractivity contribution < 1.29 is 0 Å². The first kappa shape index (κ1) is 18.0. The Balaban J connectivity index is 1.68. The van der Waals surface area contributed by atoms with Gasteiger partial charge in [0.2, 0.25) is 0 Å². The number of nitrogens with two attached hydrogens (primary N) is 1. The molecule has 3 aliphatic rings. The van der Waals surface area contributed by atoms with Gasteiger partial charge in [0, 0.05) is 18.6 Å². The lowest BCUT2D eigenvalue weighted by molar-refractivity contribution is 0.0206. The minimum Gasteiger partial charge on any atom is -0.370 e. The van der Waals surface area contributed by atoms with E-state index in [2.05, 4.69) is 28.7 Å². The van der Waals surface area contributed by atoms with Gasteiger partial charge in [-0.2, -0.15) is 0 Å². The molecule has 3 fully saturated rings. The number of piperidine rings is 3. The van der Waals surface area contributed by atoms with Gasteiger partial charge in [0.1, 0.15) is 0 Å². The smallest absolute Gasteiger partial charge is 0.191 e. The van der Waals surface area contributed by atoms with E-state index in [0.29, 0.717) is 0 Å². The number of aliphatic imine (C=N–C) groups is 1. The van der Waals surface area contributed by atoms with Crippen LogP contribution in [0.25, 0.3) is 0 Å². The van der Waals surface area contributed by atoms with E-state index in [-0.39, 0.29) is 5.54 Å². The molecule has 0 aromatic heterocycles. The van der Waals surface area contributed by atoms with Crippen LogP contribution in [0.1, 0.15) is 51.9 Å². The van der Waals surface area contributed by atoms with E-state index in [0.717, 1.165) is 31.5 Å². The highest BCUT2D eigenvalue weighted by Gasteiger charge is 2.39. The van der Waals surface area contributed by atoms with Crippen molar-refractivity contribution in [2.24, 2.45) is 16.6 Å². The zero-order valence-corrected chi connectivity index (χ0v) is 15.8. The normalized spacial score (nSPS) is 30.5. The third-order valence-corrected chi connectivity index (χ3v) is 6.46. The van der Waals surface area contributed by atoms with E-state index in [9.17, 15) is 0 Å². The number of rotatable bonds is 3. The summed E-state index contributed by atoms with van der Waals surface area (Å²) in [5, 5.41) is 0. The molecule has 0 bridgehead atoms. The molecule has 1 atom stereocenters. The predicted octanol–water partition coefficient (Wildman–Crippen LogP) is 1.98. The monoisotopic (exact) mass is 335 g/mol. The lowest BCUT2D eigenvalue weighted by atomic mass is 9.84. The van der Waals surface area contributed by atoms with Crippen molar-refractivity contribution in [2.45, 2.75) is 57.4 Å². The van der Waals surface area contributed by atoms with Crippen molar-refractivity contribution in [3.63, 3.8) is 0 Å². The molecule has 5 nitrogen and oxygen atoms in total. The summed E-state index contributed by atoms with van der Waals surface area (Å²) in [6.45, 7) is 10.2. The van der Waals surface area contributed by atoms with Crippen LogP contribution in [0.3, 0.4) is 0 Å². The molecular weight excluding hydrogens is 298 g/mol. The average molecular weight is 336 g/mol. The van der Waals surface area contributed by atoms with Gasteiger partial charge in [0.25, 0.3) is 0 Å². The Morgan fingerprint density at radius 2 is 1.75 bits per heavy atom. The average Bonchev–Trinajstić information content (AvgIpc) is 2.62. The molecule has 3 rings (SSSR count). The molecule has 0 amide bonds. The molecule has 0 aromatic carbocycles. The zero-order valence-electron chi connectivity index (χ0n) is 15.8. The Hall–Kier alpha value is -0.810. The molecule has 0 radical (unpaired) electrons. The van der Waals surface area contributed by atoms with Gasteiger partial charge < -0.3 is 15.5 Å². The fourth-order valence-electron chi connectivity index (χ4n) is 4.70. The van der Waals surface area contributed by atoms with Gasteiger partial charge in [-0.25, -0.2) is 0 Å². The second-order valence-corrected chi connectivity index (χ2v) is 8.44. The number of likely N-dealkylation sites (tertiary alicyclic amines) is 3. The summed E-state index contributed by atoms with van der Waals surface area (Å²) in [5.74, 6) is 1.53. The topological polar surface area (TPSA) is 48.1 Å². The fraction of sp³-hybridized carbons (Fsp3) is 0.947. The van der Waals surface area contributed by atoms with Gasteiger partial charge in [0.05, 0.1) is 6.54 Å². The van der Waals surface area contributed by atoms with Gasteiger partial charge in [-0.3, -0.25) is 9.89 Å². The molecule has 3 saturated heterocycles. The SMILES string of the molecule is CC1CCCN(C(N)=NCC2(N3CCCCC3)CCN(C)CC2)C1. The van der Waals surface area contributed by atoms with Crippen molar-refractivity contribution in [2.75, 3.05) is 52.9 Å². The van der Waals surface area contributed by atoms with Crippen LogP contribution in [0.2, 0.25) is 0 Å². The molecule has 3 aliphatic heterocycles. The molecule has 3 heterocycles. The molecule has 5 heteroatoms. The number of guanidine groups is 1. The second-order valence-electron chi connectivity index (χ2n) is 8.44. The van der Waals surface area contributed by atoms with Crippen LogP contribution in [0.5, 0.6) is 0 Å². The van der Waals surface area contributed by atoms with Gasteiger partial charge in [0.15, 0.2) is 5.96 Å². The molecule has 0 aliphatic carbocycles. The van der Waals surface area contributed by atoms with Crippen molar-refractivity contribution in [1.82, 2.24) is 14.7 Å². The molecule has 24 heavy (non-hydrogen) atoms. The molecule has 0 spiro atoms. The third-order valence-electron chi connectivity index (χ3n) is 6.46. The van der Waals surface area contributed by atoms with Crippen LogP contribution in [-0.2, 0) is 0 Å². The Bertz CT molecular complexity index is 421. The molecule has 0 saturated carbocycles. The number of hydrogen-bond donors (Lipinski definition) is 1. The summed E-state index contributed by atoms with van der Waals surface area (Å²) in [5.41, 5.74) is 6.64. The highest BCUT2D eigenvalue weighted by Crippen LogP contribution is 2.31. The summed E-state index contributed by atoms with van der Waals surface area (Å²) in [6, 6.07) is 0.